The molecule has 0 bridgehead atoms. The van der Waals surface area contributed by atoms with Gasteiger partial charge in [0.2, 0.25) is 0 Å². The number of hydrogen-bond donors (Lipinski definition) is 2. The lowest BCUT2D eigenvalue weighted by atomic mass is 10.1. The molecule has 2 aromatic rings. The van der Waals surface area contributed by atoms with Crippen LogP contribution in [0.3, 0.4) is 0 Å². The molecule has 0 saturated heterocycles. The van der Waals surface area contributed by atoms with E-state index in [4.69, 9.17) is 11.6 Å². The lowest BCUT2D eigenvalue weighted by Crippen LogP contribution is -2.75. The van der Waals surface area contributed by atoms with Crippen LogP contribution in [0.5, 0.6) is 0 Å². The molecule has 0 atom stereocenters. The summed E-state index contributed by atoms with van der Waals surface area (Å²) >= 11 is 5.84. The third-order valence-electron chi connectivity index (χ3n) is 3.14. The Balaban J connectivity index is 2.33. The van der Waals surface area contributed by atoms with Gasteiger partial charge in [-0.1, -0.05) is 24.6 Å². The molecule has 0 saturated carbocycles. The van der Waals surface area contributed by atoms with Crippen molar-refractivity contribution in [1.82, 2.24) is 0 Å². The van der Waals surface area contributed by atoms with Gasteiger partial charge in [0, 0.05) is 5.02 Å². The molecule has 0 heterocycles. The SMILES string of the molecule is CCC[NH+]=C(Nc1ccc(Cl)cc1)c1cccc(C(F)(F)F)c1. The fourth-order valence-corrected chi connectivity index (χ4v) is 2.12. The minimum atomic E-state index is -4.37. The Morgan fingerprint density at radius 3 is 2.43 bits per heavy atom. The van der Waals surface area contributed by atoms with E-state index >= 15 is 0 Å². The van der Waals surface area contributed by atoms with Gasteiger partial charge in [-0.25, -0.2) is 5.32 Å². The predicted molar refractivity (Wildman–Crippen MR) is 86.7 cm³/mol. The molecule has 2 aromatic carbocycles. The molecule has 0 aliphatic carbocycles. The van der Waals surface area contributed by atoms with E-state index in [1.54, 1.807) is 30.3 Å². The highest BCUT2D eigenvalue weighted by Gasteiger charge is 2.31. The van der Waals surface area contributed by atoms with Crippen LogP contribution in [0.1, 0.15) is 24.5 Å². The Bertz CT molecular complexity index is 679. The monoisotopic (exact) mass is 341 g/mol. The van der Waals surface area contributed by atoms with Crippen molar-refractivity contribution >= 4 is 23.1 Å². The second-order valence-corrected chi connectivity index (χ2v) is 5.45. The van der Waals surface area contributed by atoms with Crippen LogP contribution in [0.4, 0.5) is 18.9 Å². The molecule has 0 aliphatic heterocycles. The van der Waals surface area contributed by atoms with Gasteiger partial charge in [0.05, 0.1) is 17.7 Å². The number of hydrogen-bond acceptors (Lipinski definition) is 0. The average molecular weight is 342 g/mol. The van der Waals surface area contributed by atoms with E-state index in [-0.39, 0.29) is 0 Å². The summed E-state index contributed by atoms with van der Waals surface area (Å²) in [6.45, 7) is 2.63. The molecule has 122 valence electrons. The normalized spacial score (nSPS) is 12.3. The molecule has 2 rings (SSSR count). The third-order valence-corrected chi connectivity index (χ3v) is 3.40. The fraction of sp³-hybridized carbons (Fsp3) is 0.235. The van der Waals surface area contributed by atoms with Gasteiger partial charge in [0.25, 0.3) is 5.84 Å². The molecule has 2 nitrogen and oxygen atoms in total. The topological polar surface area (TPSA) is 26.0 Å². The summed E-state index contributed by atoms with van der Waals surface area (Å²) in [5, 5.41) is 3.71. The van der Waals surface area contributed by atoms with Crippen LogP contribution in [0.2, 0.25) is 5.02 Å². The van der Waals surface area contributed by atoms with Crippen LogP contribution in [0.15, 0.2) is 48.5 Å². The van der Waals surface area contributed by atoms with Gasteiger partial charge in [0.15, 0.2) is 0 Å². The van der Waals surface area contributed by atoms with E-state index in [1.165, 1.54) is 6.07 Å². The second-order valence-electron chi connectivity index (χ2n) is 5.01. The first kappa shape index (κ1) is 17.3. The Morgan fingerprint density at radius 1 is 1.13 bits per heavy atom. The molecule has 6 heteroatoms. The number of benzene rings is 2. The Morgan fingerprint density at radius 2 is 1.83 bits per heavy atom. The van der Waals surface area contributed by atoms with Gasteiger partial charge in [-0.15, -0.1) is 0 Å². The van der Waals surface area contributed by atoms with Crippen molar-refractivity contribution in [1.29, 1.82) is 0 Å². The summed E-state index contributed by atoms with van der Waals surface area (Å²) < 4.78 is 38.7. The maximum atomic E-state index is 12.9. The van der Waals surface area contributed by atoms with Gasteiger partial charge in [-0.3, -0.25) is 4.99 Å². The minimum Gasteiger partial charge on any atom is -0.274 e. The van der Waals surface area contributed by atoms with Gasteiger partial charge >= 0.3 is 6.18 Å². The lowest BCUT2D eigenvalue weighted by Gasteiger charge is -2.09. The molecule has 0 aliphatic rings. The van der Waals surface area contributed by atoms with Crippen molar-refractivity contribution in [3.8, 4) is 0 Å². The zero-order valence-corrected chi connectivity index (χ0v) is 13.3. The van der Waals surface area contributed by atoms with Gasteiger partial charge in [-0.2, -0.15) is 13.2 Å². The summed E-state index contributed by atoms with van der Waals surface area (Å²) in [4.78, 5) is 3.13. The van der Waals surface area contributed by atoms with E-state index in [2.05, 4.69) is 10.3 Å². The third kappa shape index (κ3) is 4.99. The summed E-state index contributed by atoms with van der Waals surface area (Å²) in [5.41, 5.74) is 0.511. The van der Waals surface area contributed by atoms with Crippen molar-refractivity contribution in [3.05, 3.63) is 64.7 Å². The van der Waals surface area contributed by atoms with Crippen molar-refractivity contribution < 1.29 is 18.2 Å². The number of alkyl halides is 3. The average Bonchev–Trinajstić information content (AvgIpc) is 2.52. The van der Waals surface area contributed by atoms with Crippen LogP contribution >= 0.6 is 11.6 Å². The lowest BCUT2D eigenvalue weighted by molar-refractivity contribution is -0.456. The van der Waals surface area contributed by atoms with Gasteiger partial charge in [-0.05, 0) is 48.9 Å². The Hall–Kier alpha value is -2.01. The Kier molecular flexibility index (Phi) is 5.66. The van der Waals surface area contributed by atoms with Gasteiger partial charge in [0.1, 0.15) is 5.69 Å². The van der Waals surface area contributed by atoms with Crippen molar-refractivity contribution in [2.24, 2.45) is 0 Å². The van der Waals surface area contributed by atoms with Gasteiger partial charge < -0.3 is 0 Å². The standard InChI is InChI=1S/C17H16ClF3N2/c1-2-10-22-16(23-15-8-6-14(18)7-9-15)12-4-3-5-13(11-12)17(19,20)21/h3-9,11H,2,10H2,1H3,(H,22,23)/p+1. The number of anilines is 1. The number of nitrogens with one attached hydrogen (secondary N) is 2. The van der Waals surface area contributed by atoms with Crippen LogP contribution < -0.4 is 10.3 Å². The zero-order valence-electron chi connectivity index (χ0n) is 12.5. The molecule has 0 aromatic heterocycles. The largest absolute Gasteiger partial charge is 0.416 e. The van der Waals surface area contributed by atoms with E-state index in [0.29, 0.717) is 23.0 Å². The Labute approximate surface area is 138 Å². The van der Waals surface area contributed by atoms with Crippen LogP contribution in [0.25, 0.3) is 0 Å². The first-order valence-electron chi connectivity index (χ1n) is 7.21. The van der Waals surface area contributed by atoms with E-state index < -0.39 is 11.7 Å². The van der Waals surface area contributed by atoms with Crippen LogP contribution in [-0.2, 0) is 6.18 Å². The summed E-state index contributed by atoms with van der Waals surface area (Å²) in [6.07, 6.45) is -3.52. The molecule has 0 fully saturated rings. The number of rotatable bonds is 4. The van der Waals surface area contributed by atoms with Crippen molar-refractivity contribution in [2.45, 2.75) is 19.5 Å². The number of amidine groups is 1. The highest BCUT2D eigenvalue weighted by molar-refractivity contribution is 6.30. The van der Waals surface area contributed by atoms with Crippen LogP contribution in [0, 0.1) is 0 Å². The molecule has 2 N–H and O–H groups in total. The van der Waals surface area contributed by atoms with E-state index in [1.807, 2.05) is 6.92 Å². The first-order chi connectivity index (χ1) is 10.9. The fourth-order valence-electron chi connectivity index (χ4n) is 2.00. The maximum absolute atomic E-state index is 12.9. The molecule has 0 unspecified atom stereocenters. The maximum Gasteiger partial charge on any atom is 0.416 e. The quantitative estimate of drug-likeness (QED) is 0.643. The van der Waals surface area contributed by atoms with Crippen molar-refractivity contribution in [3.63, 3.8) is 0 Å². The highest BCUT2D eigenvalue weighted by Crippen LogP contribution is 2.29. The minimum absolute atomic E-state index is 0.447. The first-order valence-corrected chi connectivity index (χ1v) is 7.59. The highest BCUT2D eigenvalue weighted by atomic mass is 35.5. The zero-order chi connectivity index (χ0) is 16.9. The predicted octanol–water partition coefficient (Wildman–Crippen LogP) is 3.71. The number of halogens is 4. The molecule has 0 radical (unpaired) electrons. The second kappa shape index (κ2) is 7.51. The smallest absolute Gasteiger partial charge is 0.274 e. The van der Waals surface area contributed by atoms with E-state index in [9.17, 15) is 13.2 Å². The van der Waals surface area contributed by atoms with Crippen LogP contribution in [-0.4, -0.2) is 12.4 Å². The molecule has 23 heavy (non-hydrogen) atoms. The van der Waals surface area contributed by atoms with E-state index in [0.717, 1.165) is 24.2 Å². The summed E-state index contributed by atoms with van der Waals surface area (Å²) in [6, 6.07) is 12.2. The molecular weight excluding hydrogens is 325 g/mol. The summed E-state index contributed by atoms with van der Waals surface area (Å²) in [5.74, 6) is 0.528. The van der Waals surface area contributed by atoms with Crippen molar-refractivity contribution in [2.75, 3.05) is 11.9 Å². The molecule has 0 amide bonds. The molecular formula is C17H17ClF3N2+. The molecule has 0 spiro atoms. The summed E-state index contributed by atoms with van der Waals surface area (Å²) in [7, 11) is 0.